The lowest BCUT2D eigenvalue weighted by atomic mass is 10.2. The molecule has 0 aliphatic carbocycles. The molecule has 0 atom stereocenters. The van der Waals surface area contributed by atoms with Gasteiger partial charge >= 0.3 is 23.9 Å². The largest absolute Gasteiger partial charge is 0.473 e. The van der Waals surface area contributed by atoms with E-state index in [4.69, 9.17) is 44.0 Å². The Kier molecular flexibility index (Phi) is 7.41. The Morgan fingerprint density at radius 2 is 1.23 bits per heavy atom. The van der Waals surface area contributed by atoms with E-state index in [1.165, 1.54) is 5.39 Å². The van der Waals surface area contributed by atoms with Crippen molar-refractivity contribution in [2.75, 3.05) is 0 Å². The molecule has 0 unspecified atom stereocenters. The summed E-state index contributed by atoms with van der Waals surface area (Å²) in [5, 5.41) is 30.7. The van der Waals surface area contributed by atoms with Crippen LogP contribution in [-0.4, -0.2) is 44.3 Å². The summed E-state index contributed by atoms with van der Waals surface area (Å²) < 4.78 is 5.37. The summed E-state index contributed by atoms with van der Waals surface area (Å²) in [6, 6.07) is 10.0. The highest BCUT2D eigenvalue weighted by atomic mass is 16.4. The molecule has 22 heavy (non-hydrogen) atoms. The normalized spacial score (nSPS) is 8.77. The van der Waals surface area contributed by atoms with Gasteiger partial charge in [-0.05, 0) is 19.1 Å². The van der Waals surface area contributed by atoms with Crippen molar-refractivity contribution in [1.82, 2.24) is 0 Å². The van der Waals surface area contributed by atoms with Gasteiger partial charge in [-0.1, -0.05) is 18.2 Å². The first-order chi connectivity index (χ1) is 10.1. The van der Waals surface area contributed by atoms with Gasteiger partial charge in [-0.25, -0.2) is 19.2 Å². The van der Waals surface area contributed by atoms with E-state index in [1.807, 2.05) is 37.3 Å². The molecular formula is C13H12O9. The maximum absolute atomic E-state index is 9.10. The smallest absolute Gasteiger partial charge is 0.414 e. The van der Waals surface area contributed by atoms with Gasteiger partial charge in [0.05, 0.1) is 0 Å². The standard InChI is InChI=1S/C9H8O.2C2H2O4/c1-7-6-8-4-2-3-5-9(8)10-7;2*3-1(4)2(5)6/h2-6H,1H3;2*(H,3,4)(H,5,6). The second-order valence-electron chi connectivity index (χ2n) is 3.62. The number of rotatable bonds is 0. The zero-order valence-corrected chi connectivity index (χ0v) is 11.2. The first-order valence-electron chi connectivity index (χ1n) is 5.52. The SMILES string of the molecule is Cc1cc2ccccc2o1.O=C(O)C(=O)O.O=C(O)C(=O)O. The molecule has 9 nitrogen and oxygen atoms in total. The quantitative estimate of drug-likeness (QED) is 0.520. The average Bonchev–Trinajstić information content (AvgIpc) is 2.79. The molecule has 1 heterocycles. The molecule has 0 amide bonds. The number of carboxylic acids is 4. The van der Waals surface area contributed by atoms with Crippen LogP contribution in [0.4, 0.5) is 0 Å². The zero-order valence-electron chi connectivity index (χ0n) is 11.2. The van der Waals surface area contributed by atoms with Crippen molar-refractivity contribution < 1.29 is 44.0 Å². The first-order valence-corrected chi connectivity index (χ1v) is 5.52. The number of fused-ring (bicyclic) bond motifs is 1. The van der Waals surface area contributed by atoms with Gasteiger partial charge in [0.25, 0.3) is 0 Å². The number of aliphatic carboxylic acids is 4. The van der Waals surface area contributed by atoms with Crippen LogP contribution in [0.2, 0.25) is 0 Å². The Hall–Kier alpha value is -3.36. The number of hydrogen-bond acceptors (Lipinski definition) is 5. The average molecular weight is 312 g/mol. The second kappa shape index (κ2) is 8.74. The summed E-state index contributed by atoms with van der Waals surface area (Å²) in [6.45, 7) is 1.96. The molecule has 4 N–H and O–H groups in total. The number of benzene rings is 1. The predicted molar refractivity (Wildman–Crippen MR) is 71.5 cm³/mol. The van der Waals surface area contributed by atoms with Crippen LogP contribution in [0.5, 0.6) is 0 Å². The lowest BCUT2D eigenvalue weighted by molar-refractivity contribution is -0.159. The number of para-hydroxylation sites is 1. The summed E-state index contributed by atoms with van der Waals surface area (Å²) in [5.41, 5.74) is 0.972. The van der Waals surface area contributed by atoms with E-state index in [1.54, 1.807) is 0 Å². The highest BCUT2D eigenvalue weighted by molar-refractivity contribution is 6.27. The van der Waals surface area contributed by atoms with Gasteiger partial charge in [-0.15, -0.1) is 0 Å². The summed E-state index contributed by atoms with van der Waals surface area (Å²) >= 11 is 0. The van der Waals surface area contributed by atoms with E-state index in [0.29, 0.717) is 0 Å². The third kappa shape index (κ3) is 7.28. The maximum atomic E-state index is 9.10. The molecule has 0 aliphatic heterocycles. The van der Waals surface area contributed by atoms with Gasteiger partial charge in [0.2, 0.25) is 0 Å². The van der Waals surface area contributed by atoms with Crippen LogP contribution >= 0.6 is 0 Å². The van der Waals surface area contributed by atoms with E-state index in [-0.39, 0.29) is 0 Å². The van der Waals surface area contributed by atoms with Gasteiger partial charge < -0.3 is 24.8 Å². The van der Waals surface area contributed by atoms with Crippen LogP contribution in [0.25, 0.3) is 11.0 Å². The Bertz CT molecular complexity index is 603. The zero-order chi connectivity index (χ0) is 17.3. The molecular weight excluding hydrogens is 300 g/mol. The monoisotopic (exact) mass is 312 g/mol. The maximum Gasteiger partial charge on any atom is 0.414 e. The predicted octanol–water partition coefficient (Wildman–Crippen LogP) is 1.05. The third-order valence-corrected chi connectivity index (χ3v) is 1.91. The Morgan fingerprint density at radius 3 is 1.59 bits per heavy atom. The Morgan fingerprint density at radius 1 is 0.818 bits per heavy atom. The van der Waals surface area contributed by atoms with Crippen molar-refractivity contribution in [3.63, 3.8) is 0 Å². The summed E-state index contributed by atoms with van der Waals surface area (Å²) in [4.78, 5) is 36.4. The second-order valence-corrected chi connectivity index (χ2v) is 3.62. The molecule has 2 aromatic rings. The topological polar surface area (TPSA) is 162 Å². The molecule has 1 aromatic carbocycles. The van der Waals surface area contributed by atoms with Gasteiger partial charge in [0.15, 0.2) is 0 Å². The molecule has 2 rings (SSSR count). The molecule has 0 bridgehead atoms. The summed E-state index contributed by atoms with van der Waals surface area (Å²) in [5.74, 6) is -6.32. The third-order valence-electron chi connectivity index (χ3n) is 1.91. The van der Waals surface area contributed by atoms with Gasteiger partial charge in [-0.2, -0.15) is 0 Å². The van der Waals surface area contributed by atoms with Gasteiger partial charge in [0, 0.05) is 5.39 Å². The van der Waals surface area contributed by atoms with E-state index in [0.717, 1.165) is 11.3 Å². The highest BCUT2D eigenvalue weighted by Gasteiger charge is 2.04. The number of carbonyl (C=O) groups is 4. The minimum Gasteiger partial charge on any atom is -0.473 e. The number of aryl methyl sites for hydroxylation is 1. The lowest BCUT2D eigenvalue weighted by Gasteiger charge is -1.82. The van der Waals surface area contributed by atoms with Crippen molar-refractivity contribution in [2.24, 2.45) is 0 Å². The summed E-state index contributed by atoms with van der Waals surface area (Å²) in [6.07, 6.45) is 0. The molecule has 118 valence electrons. The summed E-state index contributed by atoms with van der Waals surface area (Å²) in [7, 11) is 0. The number of hydrogen-bond donors (Lipinski definition) is 4. The van der Waals surface area contributed by atoms with E-state index >= 15 is 0 Å². The Balaban J connectivity index is 0.000000324. The lowest BCUT2D eigenvalue weighted by Crippen LogP contribution is -2.09. The number of furan rings is 1. The van der Waals surface area contributed by atoms with Crippen LogP contribution in [0.3, 0.4) is 0 Å². The van der Waals surface area contributed by atoms with Crippen molar-refractivity contribution >= 4 is 34.8 Å². The van der Waals surface area contributed by atoms with Crippen molar-refractivity contribution in [3.05, 3.63) is 36.1 Å². The fraction of sp³-hybridized carbons (Fsp3) is 0.0769. The molecule has 0 fully saturated rings. The van der Waals surface area contributed by atoms with Crippen molar-refractivity contribution in [1.29, 1.82) is 0 Å². The fourth-order valence-electron chi connectivity index (χ4n) is 1.11. The molecule has 0 spiro atoms. The molecule has 0 saturated heterocycles. The molecule has 1 aromatic heterocycles. The number of carboxylic acid groups (broad SMARTS) is 4. The fourth-order valence-corrected chi connectivity index (χ4v) is 1.11. The molecule has 0 radical (unpaired) electrons. The van der Waals surface area contributed by atoms with Crippen LogP contribution in [0.1, 0.15) is 5.76 Å². The van der Waals surface area contributed by atoms with Crippen LogP contribution in [-0.2, 0) is 19.2 Å². The molecule has 9 heteroatoms. The van der Waals surface area contributed by atoms with Crippen molar-refractivity contribution in [3.8, 4) is 0 Å². The Labute approximate surface area is 123 Å². The van der Waals surface area contributed by atoms with E-state index in [9.17, 15) is 0 Å². The van der Waals surface area contributed by atoms with Crippen molar-refractivity contribution in [2.45, 2.75) is 6.92 Å². The van der Waals surface area contributed by atoms with E-state index in [2.05, 4.69) is 0 Å². The van der Waals surface area contributed by atoms with Gasteiger partial charge in [0.1, 0.15) is 11.3 Å². The van der Waals surface area contributed by atoms with E-state index < -0.39 is 23.9 Å². The van der Waals surface area contributed by atoms with Gasteiger partial charge in [-0.3, -0.25) is 0 Å². The first kappa shape index (κ1) is 18.6. The van der Waals surface area contributed by atoms with Crippen LogP contribution in [0, 0.1) is 6.92 Å². The minimum atomic E-state index is -1.82. The van der Waals surface area contributed by atoms with Crippen LogP contribution < -0.4 is 0 Å². The van der Waals surface area contributed by atoms with Crippen LogP contribution in [0.15, 0.2) is 34.7 Å². The molecule has 0 aliphatic rings. The molecule has 0 saturated carbocycles. The minimum absolute atomic E-state index is 0.972. The highest BCUT2D eigenvalue weighted by Crippen LogP contribution is 2.17.